The van der Waals surface area contributed by atoms with Crippen molar-refractivity contribution in [3.8, 4) is 0 Å². The highest BCUT2D eigenvalue weighted by molar-refractivity contribution is 7.89. The monoisotopic (exact) mass is 272 g/mol. The first-order chi connectivity index (χ1) is 7.10. The summed E-state index contributed by atoms with van der Waals surface area (Å²) >= 11 is 0. The first kappa shape index (κ1) is 15.8. The smallest absolute Gasteiger partial charge is 0.211 e. The van der Waals surface area contributed by atoms with Crippen molar-refractivity contribution in [1.29, 1.82) is 0 Å². The summed E-state index contributed by atoms with van der Waals surface area (Å²) in [5, 5.41) is 0. The van der Waals surface area contributed by atoms with Gasteiger partial charge in [-0.2, -0.15) is 4.31 Å². The number of nitrogens with one attached hydrogen (secondary N) is 1. The van der Waals surface area contributed by atoms with Crippen LogP contribution in [0.25, 0.3) is 0 Å². The third-order valence-electron chi connectivity index (χ3n) is 2.04. The third kappa shape index (κ3) is 5.78. The molecule has 0 bridgehead atoms. The normalized spacial score (nSPS) is 13.6. The first-order valence-corrected chi connectivity index (χ1v) is 8.54. The van der Waals surface area contributed by atoms with Crippen molar-refractivity contribution >= 4 is 20.0 Å². The standard InChI is InChI=1S/C8H20N2O4S2/c1-5-16(13,14)9-6-7-10(8(2)3)15(4,11)12/h8-9H,5-7H2,1-4H3. The zero-order valence-electron chi connectivity index (χ0n) is 10.1. The molecule has 0 rings (SSSR count). The van der Waals surface area contributed by atoms with Gasteiger partial charge in [0.05, 0.1) is 12.0 Å². The van der Waals surface area contributed by atoms with E-state index in [4.69, 9.17) is 0 Å². The largest absolute Gasteiger partial charge is 0.214 e. The van der Waals surface area contributed by atoms with Crippen molar-refractivity contribution < 1.29 is 16.8 Å². The average molecular weight is 272 g/mol. The summed E-state index contributed by atoms with van der Waals surface area (Å²) in [4.78, 5) is 0. The van der Waals surface area contributed by atoms with E-state index in [1.807, 2.05) is 0 Å². The van der Waals surface area contributed by atoms with Crippen molar-refractivity contribution in [2.45, 2.75) is 26.8 Å². The van der Waals surface area contributed by atoms with Crippen LogP contribution >= 0.6 is 0 Å². The Morgan fingerprint density at radius 1 is 1.19 bits per heavy atom. The van der Waals surface area contributed by atoms with E-state index >= 15 is 0 Å². The molecule has 0 atom stereocenters. The van der Waals surface area contributed by atoms with Crippen LogP contribution in [0.1, 0.15) is 20.8 Å². The summed E-state index contributed by atoms with van der Waals surface area (Å²) in [5.41, 5.74) is 0. The molecule has 0 aromatic rings. The molecule has 0 aliphatic heterocycles. The molecular formula is C8H20N2O4S2. The van der Waals surface area contributed by atoms with Gasteiger partial charge in [-0.15, -0.1) is 0 Å². The zero-order valence-corrected chi connectivity index (χ0v) is 11.7. The molecule has 0 spiro atoms. The number of rotatable bonds is 7. The molecule has 0 radical (unpaired) electrons. The Labute approximate surface area is 98.1 Å². The molecule has 1 N–H and O–H groups in total. The van der Waals surface area contributed by atoms with Crippen LogP contribution in [0.15, 0.2) is 0 Å². The van der Waals surface area contributed by atoms with E-state index in [1.54, 1.807) is 13.8 Å². The minimum absolute atomic E-state index is 0.00640. The minimum atomic E-state index is -3.29. The molecule has 6 nitrogen and oxygen atoms in total. The van der Waals surface area contributed by atoms with Crippen LogP contribution in [-0.4, -0.2) is 52.3 Å². The summed E-state index contributed by atoms with van der Waals surface area (Å²) in [6.07, 6.45) is 1.11. The zero-order chi connectivity index (χ0) is 13.0. The fraction of sp³-hybridized carbons (Fsp3) is 1.00. The van der Waals surface area contributed by atoms with Crippen molar-refractivity contribution in [2.75, 3.05) is 25.1 Å². The summed E-state index contributed by atoms with van der Waals surface area (Å²) in [7, 11) is -6.55. The van der Waals surface area contributed by atoms with E-state index < -0.39 is 20.0 Å². The van der Waals surface area contributed by atoms with E-state index in [0.29, 0.717) is 0 Å². The van der Waals surface area contributed by atoms with E-state index in [9.17, 15) is 16.8 Å². The summed E-state index contributed by atoms with van der Waals surface area (Å²) in [6, 6.07) is -0.180. The highest BCUT2D eigenvalue weighted by Crippen LogP contribution is 2.03. The summed E-state index contributed by atoms with van der Waals surface area (Å²) in [6.45, 7) is 5.26. The molecule has 8 heteroatoms. The highest BCUT2D eigenvalue weighted by Gasteiger charge is 2.20. The number of sulfonamides is 2. The Morgan fingerprint density at radius 2 is 1.69 bits per heavy atom. The lowest BCUT2D eigenvalue weighted by Crippen LogP contribution is -2.42. The fourth-order valence-electron chi connectivity index (χ4n) is 1.22. The van der Waals surface area contributed by atoms with Crippen molar-refractivity contribution in [3.63, 3.8) is 0 Å². The Bertz CT molecular complexity index is 400. The lowest BCUT2D eigenvalue weighted by atomic mass is 10.4. The van der Waals surface area contributed by atoms with Gasteiger partial charge in [0, 0.05) is 19.1 Å². The van der Waals surface area contributed by atoms with Gasteiger partial charge < -0.3 is 0 Å². The summed E-state index contributed by atoms with van der Waals surface area (Å²) < 4.78 is 48.5. The molecule has 16 heavy (non-hydrogen) atoms. The predicted molar refractivity (Wildman–Crippen MR) is 64.1 cm³/mol. The molecule has 0 fully saturated rings. The van der Waals surface area contributed by atoms with Crippen LogP contribution < -0.4 is 4.72 Å². The number of nitrogens with zero attached hydrogens (tertiary/aromatic N) is 1. The van der Waals surface area contributed by atoms with E-state index in [0.717, 1.165) is 6.26 Å². The Kier molecular flexibility index (Phi) is 5.88. The first-order valence-electron chi connectivity index (χ1n) is 5.04. The summed E-state index contributed by atoms with van der Waals surface area (Å²) in [5.74, 6) is -0.00640. The highest BCUT2D eigenvalue weighted by atomic mass is 32.2. The van der Waals surface area contributed by atoms with Gasteiger partial charge in [0.15, 0.2) is 0 Å². The maximum Gasteiger partial charge on any atom is 0.211 e. The maximum atomic E-state index is 11.3. The maximum absolute atomic E-state index is 11.3. The molecule has 0 heterocycles. The topological polar surface area (TPSA) is 83.6 Å². The molecule has 0 amide bonds. The second-order valence-electron chi connectivity index (χ2n) is 3.77. The lowest BCUT2D eigenvalue weighted by Gasteiger charge is -2.23. The Morgan fingerprint density at radius 3 is 2.00 bits per heavy atom. The van der Waals surface area contributed by atoms with Crippen LogP contribution in [0.5, 0.6) is 0 Å². The van der Waals surface area contributed by atoms with E-state index in [2.05, 4.69) is 4.72 Å². The van der Waals surface area contributed by atoms with Gasteiger partial charge >= 0.3 is 0 Å². The van der Waals surface area contributed by atoms with Crippen LogP contribution in [0, 0.1) is 0 Å². The van der Waals surface area contributed by atoms with E-state index in [-0.39, 0.29) is 24.9 Å². The Hall–Kier alpha value is -0.180. The molecule has 0 aromatic carbocycles. The van der Waals surface area contributed by atoms with Crippen molar-refractivity contribution in [3.05, 3.63) is 0 Å². The van der Waals surface area contributed by atoms with Crippen molar-refractivity contribution in [1.82, 2.24) is 9.03 Å². The molecule has 0 aliphatic carbocycles. The van der Waals surface area contributed by atoms with Gasteiger partial charge in [0.1, 0.15) is 0 Å². The molecule has 0 saturated heterocycles. The van der Waals surface area contributed by atoms with E-state index in [1.165, 1.54) is 11.2 Å². The average Bonchev–Trinajstić information content (AvgIpc) is 2.09. The quantitative estimate of drug-likeness (QED) is 0.683. The molecule has 98 valence electrons. The van der Waals surface area contributed by atoms with Crippen LogP contribution in [0.2, 0.25) is 0 Å². The predicted octanol–water partition coefficient (Wildman–Crippen LogP) is -0.404. The van der Waals surface area contributed by atoms with Crippen LogP contribution in [0.3, 0.4) is 0 Å². The lowest BCUT2D eigenvalue weighted by molar-refractivity contribution is 0.360. The fourth-order valence-corrected chi connectivity index (χ4v) is 3.02. The van der Waals surface area contributed by atoms with Gasteiger partial charge in [-0.1, -0.05) is 0 Å². The van der Waals surface area contributed by atoms with Gasteiger partial charge in [-0.05, 0) is 20.8 Å². The molecule has 0 aliphatic rings. The van der Waals surface area contributed by atoms with Crippen LogP contribution in [0.4, 0.5) is 0 Å². The second-order valence-corrected chi connectivity index (χ2v) is 7.80. The minimum Gasteiger partial charge on any atom is -0.214 e. The Balaban J connectivity index is 4.38. The van der Waals surface area contributed by atoms with Gasteiger partial charge in [-0.3, -0.25) is 0 Å². The van der Waals surface area contributed by atoms with Crippen molar-refractivity contribution in [2.24, 2.45) is 0 Å². The second kappa shape index (κ2) is 5.95. The van der Waals surface area contributed by atoms with Gasteiger partial charge in [0.25, 0.3) is 0 Å². The van der Waals surface area contributed by atoms with Gasteiger partial charge in [-0.25, -0.2) is 21.6 Å². The molecule has 0 saturated carbocycles. The van der Waals surface area contributed by atoms with Crippen LogP contribution in [-0.2, 0) is 20.0 Å². The number of hydrogen-bond donors (Lipinski definition) is 1. The van der Waals surface area contributed by atoms with Gasteiger partial charge in [0.2, 0.25) is 20.0 Å². The molecule has 0 unspecified atom stereocenters. The number of hydrogen-bond acceptors (Lipinski definition) is 4. The molecular weight excluding hydrogens is 252 g/mol. The molecule has 0 aromatic heterocycles. The third-order valence-corrected chi connectivity index (χ3v) is 4.90. The SMILES string of the molecule is CCS(=O)(=O)NCCN(C(C)C)S(C)(=O)=O.